The van der Waals surface area contributed by atoms with E-state index in [2.05, 4.69) is 6.92 Å². The molecule has 0 aromatic heterocycles. The van der Waals surface area contributed by atoms with Gasteiger partial charge >= 0.3 is 0 Å². The standard InChI is InChI=1S/C8H16NO2/c1-8(2,3)6-7(10)9(4)11-5/h1,6H2,2-5H3. The molecule has 0 aromatic carbocycles. The Morgan fingerprint density at radius 2 is 2.09 bits per heavy atom. The Balaban J connectivity index is 3.88. The first-order valence-corrected chi connectivity index (χ1v) is 3.53. The molecule has 0 saturated heterocycles. The highest BCUT2D eigenvalue weighted by molar-refractivity contribution is 5.75. The van der Waals surface area contributed by atoms with E-state index in [1.807, 2.05) is 13.8 Å². The van der Waals surface area contributed by atoms with Crippen LogP contribution >= 0.6 is 0 Å². The van der Waals surface area contributed by atoms with E-state index in [0.29, 0.717) is 6.42 Å². The molecular weight excluding hydrogens is 142 g/mol. The van der Waals surface area contributed by atoms with E-state index >= 15 is 0 Å². The van der Waals surface area contributed by atoms with Gasteiger partial charge in [0.25, 0.3) is 0 Å². The van der Waals surface area contributed by atoms with Crippen LogP contribution in [0.15, 0.2) is 0 Å². The molecule has 0 unspecified atom stereocenters. The molecule has 0 aliphatic carbocycles. The van der Waals surface area contributed by atoms with Crippen molar-refractivity contribution in [3.8, 4) is 0 Å². The van der Waals surface area contributed by atoms with Crippen LogP contribution in [0, 0.1) is 12.3 Å². The lowest BCUT2D eigenvalue weighted by atomic mass is 9.92. The number of rotatable bonds is 3. The monoisotopic (exact) mass is 158 g/mol. The van der Waals surface area contributed by atoms with Crippen molar-refractivity contribution in [3.05, 3.63) is 6.92 Å². The third-order valence-corrected chi connectivity index (χ3v) is 1.25. The van der Waals surface area contributed by atoms with Gasteiger partial charge in [0.2, 0.25) is 5.91 Å². The first kappa shape index (κ1) is 10.4. The number of hydrogen-bond acceptors (Lipinski definition) is 2. The molecule has 11 heavy (non-hydrogen) atoms. The fourth-order valence-electron chi connectivity index (χ4n) is 0.623. The Kier molecular flexibility index (Phi) is 3.52. The van der Waals surface area contributed by atoms with E-state index in [4.69, 9.17) is 4.84 Å². The van der Waals surface area contributed by atoms with Crippen molar-refractivity contribution in [2.24, 2.45) is 5.41 Å². The maximum Gasteiger partial charge on any atom is 0.246 e. The van der Waals surface area contributed by atoms with Gasteiger partial charge in [0.1, 0.15) is 0 Å². The fourth-order valence-corrected chi connectivity index (χ4v) is 0.623. The summed E-state index contributed by atoms with van der Waals surface area (Å²) in [6.45, 7) is 7.65. The second kappa shape index (κ2) is 3.72. The highest BCUT2D eigenvalue weighted by atomic mass is 16.7. The second-order valence-corrected chi connectivity index (χ2v) is 3.41. The van der Waals surface area contributed by atoms with E-state index in [9.17, 15) is 4.79 Å². The van der Waals surface area contributed by atoms with E-state index in [0.717, 1.165) is 0 Å². The first-order valence-electron chi connectivity index (χ1n) is 3.53. The van der Waals surface area contributed by atoms with Gasteiger partial charge in [0.05, 0.1) is 7.11 Å². The van der Waals surface area contributed by atoms with Crippen molar-refractivity contribution >= 4 is 5.91 Å². The maximum absolute atomic E-state index is 11.2. The summed E-state index contributed by atoms with van der Waals surface area (Å²) in [5, 5.41) is 1.22. The first-order chi connectivity index (χ1) is 4.87. The zero-order valence-corrected chi connectivity index (χ0v) is 7.68. The van der Waals surface area contributed by atoms with Crippen LogP contribution in [0.3, 0.4) is 0 Å². The smallest absolute Gasteiger partial charge is 0.246 e. The van der Waals surface area contributed by atoms with Crippen LogP contribution in [-0.2, 0) is 9.63 Å². The zero-order chi connectivity index (χ0) is 9.07. The summed E-state index contributed by atoms with van der Waals surface area (Å²) in [5.74, 6) is -0.0486. The van der Waals surface area contributed by atoms with Crippen LogP contribution in [-0.4, -0.2) is 25.1 Å². The van der Waals surface area contributed by atoms with Crippen molar-refractivity contribution in [2.75, 3.05) is 14.2 Å². The molecule has 3 heteroatoms. The SMILES string of the molecule is [CH2]C(C)(C)CC(=O)N(C)OC. The molecule has 0 aromatic rings. The topological polar surface area (TPSA) is 29.5 Å². The maximum atomic E-state index is 11.2. The van der Waals surface area contributed by atoms with Crippen LogP contribution < -0.4 is 0 Å². The van der Waals surface area contributed by atoms with Crippen LogP contribution in [0.4, 0.5) is 0 Å². The van der Waals surface area contributed by atoms with Gasteiger partial charge in [0.15, 0.2) is 0 Å². The summed E-state index contributed by atoms with van der Waals surface area (Å²) in [5.41, 5.74) is -0.218. The Bertz CT molecular complexity index is 138. The van der Waals surface area contributed by atoms with E-state index in [1.165, 1.54) is 12.2 Å². The summed E-state index contributed by atoms with van der Waals surface area (Å²) in [7, 11) is 3.06. The highest BCUT2D eigenvalue weighted by Crippen LogP contribution is 2.18. The van der Waals surface area contributed by atoms with Crippen LogP contribution in [0.2, 0.25) is 0 Å². The summed E-state index contributed by atoms with van der Waals surface area (Å²) in [6.07, 6.45) is 0.400. The molecular formula is C8H16NO2. The Morgan fingerprint density at radius 1 is 1.64 bits per heavy atom. The molecule has 0 rings (SSSR count). The van der Waals surface area contributed by atoms with Gasteiger partial charge in [-0.25, -0.2) is 5.06 Å². The second-order valence-electron chi connectivity index (χ2n) is 3.41. The molecule has 0 heterocycles. The van der Waals surface area contributed by atoms with E-state index in [1.54, 1.807) is 7.05 Å². The minimum Gasteiger partial charge on any atom is -0.275 e. The molecule has 1 radical (unpaired) electrons. The number of hydroxylamine groups is 2. The van der Waals surface area contributed by atoms with Crippen molar-refractivity contribution in [1.29, 1.82) is 0 Å². The molecule has 0 fully saturated rings. The Morgan fingerprint density at radius 3 is 2.36 bits per heavy atom. The van der Waals surface area contributed by atoms with Gasteiger partial charge in [-0.2, -0.15) is 0 Å². The lowest BCUT2D eigenvalue weighted by Gasteiger charge is -2.20. The molecule has 0 N–H and O–H groups in total. The Labute approximate surface area is 68.3 Å². The molecule has 3 nitrogen and oxygen atoms in total. The minimum absolute atomic E-state index is 0.0486. The van der Waals surface area contributed by atoms with E-state index < -0.39 is 0 Å². The highest BCUT2D eigenvalue weighted by Gasteiger charge is 2.18. The molecule has 1 amide bonds. The van der Waals surface area contributed by atoms with Gasteiger partial charge in [-0.15, -0.1) is 0 Å². The average molecular weight is 158 g/mol. The number of amides is 1. The van der Waals surface area contributed by atoms with Crippen molar-refractivity contribution in [2.45, 2.75) is 20.3 Å². The van der Waals surface area contributed by atoms with Crippen LogP contribution in [0.1, 0.15) is 20.3 Å². The number of nitrogens with zero attached hydrogens (tertiary/aromatic N) is 1. The van der Waals surface area contributed by atoms with Crippen LogP contribution in [0.25, 0.3) is 0 Å². The molecule has 0 aliphatic heterocycles. The van der Waals surface area contributed by atoms with Crippen molar-refractivity contribution < 1.29 is 9.63 Å². The molecule has 0 spiro atoms. The van der Waals surface area contributed by atoms with Crippen molar-refractivity contribution in [1.82, 2.24) is 5.06 Å². The van der Waals surface area contributed by atoms with Crippen molar-refractivity contribution in [3.63, 3.8) is 0 Å². The predicted molar refractivity (Wildman–Crippen MR) is 43.5 cm³/mol. The van der Waals surface area contributed by atoms with Gasteiger partial charge in [0, 0.05) is 13.5 Å². The van der Waals surface area contributed by atoms with E-state index in [-0.39, 0.29) is 11.3 Å². The summed E-state index contributed by atoms with van der Waals surface area (Å²) in [4.78, 5) is 15.9. The lowest BCUT2D eigenvalue weighted by molar-refractivity contribution is -0.170. The number of carbonyl (C=O) groups is 1. The molecule has 0 atom stereocenters. The zero-order valence-electron chi connectivity index (χ0n) is 7.68. The normalized spacial score (nSPS) is 11.4. The third kappa shape index (κ3) is 4.79. The molecule has 0 saturated carbocycles. The minimum atomic E-state index is -0.218. The Hall–Kier alpha value is -0.570. The summed E-state index contributed by atoms with van der Waals surface area (Å²) < 4.78 is 0. The third-order valence-electron chi connectivity index (χ3n) is 1.25. The fraction of sp³-hybridized carbons (Fsp3) is 0.750. The lowest BCUT2D eigenvalue weighted by Crippen LogP contribution is -2.29. The van der Waals surface area contributed by atoms with Gasteiger partial charge in [-0.3, -0.25) is 9.63 Å². The molecule has 0 bridgehead atoms. The van der Waals surface area contributed by atoms with Crippen LogP contribution in [0.5, 0.6) is 0 Å². The largest absolute Gasteiger partial charge is 0.275 e. The number of carbonyl (C=O) groups excluding carboxylic acids is 1. The predicted octanol–water partition coefficient (Wildman–Crippen LogP) is 1.26. The van der Waals surface area contributed by atoms with Gasteiger partial charge < -0.3 is 0 Å². The molecule has 65 valence electrons. The van der Waals surface area contributed by atoms with Gasteiger partial charge in [-0.1, -0.05) is 13.8 Å². The molecule has 0 aliphatic rings. The number of hydrogen-bond donors (Lipinski definition) is 0. The summed E-state index contributed by atoms with van der Waals surface area (Å²) >= 11 is 0. The average Bonchev–Trinajstić information content (AvgIpc) is 1.82. The quantitative estimate of drug-likeness (QED) is 0.579. The summed E-state index contributed by atoms with van der Waals surface area (Å²) in [6, 6.07) is 0. The van der Waals surface area contributed by atoms with Gasteiger partial charge in [-0.05, 0) is 12.3 Å².